The van der Waals surface area contributed by atoms with Gasteiger partial charge in [-0.15, -0.1) is 0 Å². The maximum Gasteiger partial charge on any atom is 0.226 e. The fourth-order valence-corrected chi connectivity index (χ4v) is 5.63. The molecule has 2 aliphatic heterocycles. The minimum Gasteiger partial charge on any atom is -0.357 e. The van der Waals surface area contributed by atoms with Crippen LogP contribution >= 0.6 is 11.6 Å². The van der Waals surface area contributed by atoms with Crippen molar-refractivity contribution >= 4 is 23.3 Å². The zero-order valence-electron chi connectivity index (χ0n) is 21.0. The Morgan fingerprint density at radius 1 is 1.17 bits per heavy atom. The SMILES string of the molecule is Cc1cccnc1-c1cc(N2CCC(C(=O)N3CCc4c(c(C(C)C)nn4C)C3)CC2)ncc1Cl. The van der Waals surface area contributed by atoms with Gasteiger partial charge in [-0.2, -0.15) is 5.10 Å². The molecule has 0 radical (unpaired) electrons. The first-order valence-corrected chi connectivity index (χ1v) is 12.9. The minimum absolute atomic E-state index is 0.0526. The van der Waals surface area contributed by atoms with Crippen molar-refractivity contribution in [3.63, 3.8) is 0 Å². The van der Waals surface area contributed by atoms with Crippen molar-refractivity contribution in [1.29, 1.82) is 0 Å². The van der Waals surface area contributed by atoms with Crippen molar-refractivity contribution in [2.45, 2.75) is 52.5 Å². The predicted molar refractivity (Wildman–Crippen MR) is 139 cm³/mol. The number of piperidine rings is 1. The van der Waals surface area contributed by atoms with E-state index in [9.17, 15) is 4.79 Å². The summed E-state index contributed by atoms with van der Waals surface area (Å²) in [5.41, 5.74) is 6.52. The van der Waals surface area contributed by atoms with Crippen molar-refractivity contribution in [2.24, 2.45) is 13.0 Å². The lowest BCUT2D eigenvalue weighted by atomic mass is 9.93. The number of aryl methyl sites for hydroxylation is 2. The normalized spacial score (nSPS) is 16.6. The molecule has 3 aromatic heterocycles. The lowest BCUT2D eigenvalue weighted by Crippen LogP contribution is -2.44. The van der Waals surface area contributed by atoms with E-state index < -0.39 is 0 Å². The van der Waals surface area contributed by atoms with Crippen molar-refractivity contribution in [1.82, 2.24) is 24.6 Å². The molecule has 2 aliphatic rings. The minimum atomic E-state index is 0.0526. The van der Waals surface area contributed by atoms with Crippen LogP contribution in [0.25, 0.3) is 11.3 Å². The van der Waals surface area contributed by atoms with Crippen LogP contribution < -0.4 is 4.90 Å². The van der Waals surface area contributed by atoms with Gasteiger partial charge in [0.05, 0.1) is 16.4 Å². The number of carbonyl (C=O) groups excluding carboxylic acids is 1. The van der Waals surface area contributed by atoms with E-state index in [1.807, 2.05) is 36.9 Å². The highest BCUT2D eigenvalue weighted by molar-refractivity contribution is 6.33. The molecule has 184 valence electrons. The average Bonchev–Trinajstić information content (AvgIpc) is 3.20. The number of rotatable bonds is 4. The number of nitrogens with zero attached hydrogens (tertiary/aromatic N) is 6. The fourth-order valence-electron chi connectivity index (χ4n) is 5.44. The van der Waals surface area contributed by atoms with E-state index in [0.29, 0.717) is 17.5 Å². The van der Waals surface area contributed by atoms with Crippen LogP contribution in [0.2, 0.25) is 5.02 Å². The lowest BCUT2D eigenvalue weighted by molar-refractivity contribution is -0.137. The number of halogens is 1. The van der Waals surface area contributed by atoms with Crippen LogP contribution in [0.4, 0.5) is 5.82 Å². The lowest BCUT2D eigenvalue weighted by Gasteiger charge is -2.36. The Hall–Kier alpha value is -2.93. The molecule has 1 amide bonds. The number of fused-ring (bicyclic) bond motifs is 1. The Bertz CT molecular complexity index is 1240. The number of aromatic nitrogens is 4. The number of hydrogen-bond donors (Lipinski definition) is 0. The van der Waals surface area contributed by atoms with E-state index in [1.54, 1.807) is 12.4 Å². The van der Waals surface area contributed by atoms with Crippen molar-refractivity contribution in [3.05, 3.63) is 58.1 Å². The molecule has 0 aliphatic carbocycles. The van der Waals surface area contributed by atoms with Gasteiger partial charge in [0.15, 0.2) is 0 Å². The molecule has 0 atom stereocenters. The summed E-state index contributed by atoms with van der Waals surface area (Å²) in [6.45, 7) is 9.43. The van der Waals surface area contributed by atoms with Crippen molar-refractivity contribution < 1.29 is 4.79 Å². The zero-order valence-corrected chi connectivity index (χ0v) is 21.7. The van der Waals surface area contributed by atoms with Gasteiger partial charge >= 0.3 is 0 Å². The predicted octanol–water partition coefficient (Wildman–Crippen LogP) is 4.76. The number of hydrogen-bond acceptors (Lipinski definition) is 5. The van der Waals surface area contributed by atoms with Gasteiger partial charge in [0, 0.05) is 74.8 Å². The van der Waals surface area contributed by atoms with E-state index in [1.165, 1.54) is 11.3 Å². The van der Waals surface area contributed by atoms with Crippen LogP contribution in [0.1, 0.15) is 55.1 Å². The molecule has 0 saturated carbocycles. The number of pyridine rings is 2. The van der Waals surface area contributed by atoms with Gasteiger partial charge in [-0.1, -0.05) is 31.5 Å². The van der Waals surface area contributed by atoms with Crippen LogP contribution in [0.3, 0.4) is 0 Å². The number of amides is 1. The third-order valence-electron chi connectivity index (χ3n) is 7.41. The molecule has 5 heterocycles. The average molecular weight is 493 g/mol. The molecule has 0 bridgehead atoms. The molecule has 1 fully saturated rings. The van der Waals surface area contributed by atoms with Gasteiger partial charge < -0.3 is 9.80 Å². The van der Waals surface area contributed by atoms with Crippen LogP contribution in [0.15, 0.2) is 30.6 Å². The summed E-state index contributed by atoms with van der Waals surface area (Å²) < 4.78 is 2.00. The third kappa shape index (κ3) is 4.54. The zero-order chi connectivity index (χ0) is 24.7. The van der Waals surface area contributed by atoms with E-state index in [4.69, 9.17) is 16.7 Å². The summed E-state index contributed by atoms with van der Waals surface area (Å²) in [4.78, 5) is 26.9. The van der Waals surface area contributed by atoms with Crippen LogP contribution in [0.5, 0.6) is 0 Å². The summed E-state index contributed by atoms with van der Waals surface area (Å²) in [5.74, 6) is 1.58. The molecule has 35 heavy (non-hydrogen) atoms. The van der Waals surface area contributed by atoms with Crippen molar-refractivity contribution in [3.8, 4) is 11.3 Å². The van der Waals surface area contributed by atoms with E-state index >= 15 is 0 Å². The topological polar surface area (TPSA) is 67.2 Å². The molecule has 0 unspecified atom stereocenters. The third-order valence-corrected chi connectivity index (χ3v) is 7.71. The molecule has 8 heteroatoms. The molecular weight excluding hydrogens is 460 g/mol. The molecule has 1 saturated heterocycles. The number of anilines is 1. The second-order valence-corrected chi connectivity index (χ2v) is 10.5. The van der Waals surface area contributed by atoms with Gasteiger partial charge in [0.25, 0.3) is 0 Å². The van der Waals surface area contributed by atoms with Crippen molar-refractivity contribution in [2.75, 3.05) is 24.5 Å². The standard InChI is InChI=1S/C27H33ClN6O/c1-17(2)25-21-16-34(13-9-23(21)32(4)31-25)27(35)19-7-11-33(12-8-19)24-14-20(22(28)15-30-24)26-18(3)6-5-10-29-26/h5-6,10,14-15,17,19H,7-9,11-13,16H2,1-4H3. The van der Waals surface area contributed by atoms with Gasteiger partial charge in [0.2, 0.25) is 5.91 Å². The Balaban J connectivity index is 1.26. The first-order valence-electron chi connectivity index (χ1n) is 12.5. The van der Waals surface area contributed by atoms with Crippen LogP contribution in [-0.4, -0.2) is 50.2 Å². The summed E-state index contributed by atoms with van der Waals surface area (Å²) >= 11 is 6.48. The monoisotopic (exact) mass is 492 g/mol. The smallest absolute Gasteiger partial charge is 0.226 e. The van der Waals surface area contributed by atoms with Gasteiger partial charge in [-0.05, 0) is 43.4 Å². The number of carbonyl (C=O) groups is 1. The van der Waals surface area contributed by atoms with E-state index in [0.717, 1.165) is 67.2 Å². The Labute approximate surface area is 212 Å². The fraction of sp³-hybridized carbons (Fsp3) is 0.481. The summed E-state index contributed by atoms with van der Waals surface area (Å²) in [6, 6.07) is 5.99. The Morgan fingerprint density at radius 2 is 1.94 bits per heavy atom. The quantitative estimate of drug-likeness (QED) is 0.525. The molecule has 0 spiro atoms. The maximum atomic E-state index is 13.5. The highest BCUT2D eigenvalue weighted by atomic mass is 35.5. The van der Waals surface area contributed by atoms with Gasteiger partial charge in [0.1, 0.15) is 5.82 Å². The maximum absolute atomic E-state index is 13.5. The van der Waals surface area contributed by atoms with Gasteiger partial charge in [-0.25, -0.2) is 4.98 Å². The second-order valence-electron chi connectivity index (χ2n) is 10.1. The molecule has 0 N–H and O–H groups in total. The molecule has 3 aromatic rings. The summed E-state index contributed by atoms with van der Waals surface area (Å²) in [6.07, 6.45) is 6.03. The first kappa shape index (κ1) is 23.8. The Kier molecular flexibility index (Phi) is 6.53. The molecule has 7 nitrogen and oxygen atoms in total. The van der Waals surface area contributed by atoms with E-state index in [2.05, 4.69) is 33.6 Å². The van der Waals surface area contributed by atoms with Crippen LogP contribution in [-0.2, 0) is 24.8 Å². The Morgan fingerprint density at radius 3 is 2.66 bits per heavy atom. The molecular formula is C27H33ClN6O. The van der Waals surface area contributed by atoms with E-state index in [-0.39, 0.29) is 11.8 Å². The molecule has 0 aromatic carbocycles. The molecule has 5 rings (SSSR count). The second kappa shape index (κ2) is 9.61. The highest BCUT2D eigenvalue weighted by Gasteiger charge is 2.33. The van der Waals surface area contributed by atoms with Crippen LogP contribution in [0, 0.1) is 12.8 Å². The van der Waals surface area contributed by atoms with Gasteiger partial charge in [-0.3, -0.25) is 14.5 Å². The first-order chi connectivity index (χ1) is 16.8. The summed E-state index contributed by atoms with van der Waals surface area (Å²) in [5, 5.41) is 5.33. The summed E-state index contributed by atoms with van der Waals surface area (Å²) in [7, 11) is 2.02. The largest absolute Gasteiger partial charge is 0.357 e. The highest BCUT2D eigenvalue weighted by Crippen LogP contribution is 2.33.